The van der Waals surface area contributed by atoms with Crippen LogP contribution >= 0.6 is 46.4 Å². The molecule has 1 saturated heterocycles. The zero-order chi connectivity index (χ0) is 25.6. The third kappa shape index (κ3) is 9.22. The van der Waals surface area contributed by atoms with Crippen LogP contribution in [0.3, 0.4) is 0 Å². The minimum atomic E-state index is 0.575. The number of alkyl halides is 4. The van der Waals surface area contributed by atoms with Gasteiger partial charge in [-0.25, -0.2) is 0 Å². The minimum Gasteiger partial charge on any atom is -0.369 e. The van der Waals surface area contributed by atoms with E-state index in [9.17, 15) is 0 Å². The van der Waals surface area contributed by atoms with Crippen molar-refractivity contribution in [2.75, 3.05) is 85.7 Å². The van der Waals surface area contributed by atoms with Crippen LogP contribution < -0.4 is 9.80 Å². The standard InChI is InChI=1S/C26H34Cl4N6/c27-9-13-33(14-10-28)25-5-1-23(2-6-25)21-31-35-17-19-36(20-18-35)32-22-24-3-7-26(8-4-24)34(15-11-29)16-12-30/h1-8,21-22H,9-20H2/b31-21-,32-22+. The first-order valence-corrected chi connectivity index (χ1v) is 14.3. The summed E-state index contributed by atoms with van der Waals surface area (Å²) < 4.78 is 0. The molecule has 6 nitrogen and oxygen atoms in total. The summed E-state index contributed by atoms with van der Waals surface area (Å²) in [5.74, 6) is 2.30. The Labute approximate surface area is 235 Å². The predicted molar refractivity (Wildman–Crippen MR) is 159 cm³/mol. The summed E-state index contributed by atoms with van der Waals surface area (Å²) in [5.41, 5.74) is 4.37. The molecule has 0 aliphatic carbocycles. The van der Waals surface area contributed by atoms with Crippen LogP contribution in [0.2, 0.25) is 0 Å². The lowest BCUT2D eigenvalue weighted by molar-refractivity contribution is 0.141. The molecule has 196 valence electrons. The summed E-state index contributed by atoms with van der Waals surface area (Å²) in [7, 11) is 0. The molecule has 0 amide bonds. The van der Waals surface area contributed by atoms with E-state index in [4.69, 9.17) is 46.4 Å². The normalized spacial score (nSPS) is 14.2. The Hall–Kier alpha value is -1.86. The van der Waals surface area contributed by atoms with Crippen LogP contribution in [0.5, 0.6) is 0 Å². The molecule has 1 aliphatic heterocycles. The second kappa shape index (κ2) is 16.1. The predicted octanol–water partition coefficient (Wildman–Crippen LogP) is 5.24. The number of piperazine rings is 1. The van der Waals surface area contributed by atoms with Gasteiger partial charge in [0.05, 0.1) is 38.6 Å². The SMILES string of the molecule is ClCCN(CCCl)c1ccc(/C=N\N2CCN(/N=C/c3ccc(N(CCCl)CCCl)cc3)CC2)cc1. The van der Waals surface area contributed by atoms with Crippen molar-refractivity contribution in [3.8, 4) is 0 Å². The number of nitrogens with zero attached hydrogens (tertiary/aromatic N) is 6. The molecule has 10 heteroatoms. The molecule has 0 saturated carbocycles. The van der Waals surface area contributed by atoms with Crippen molar-refractivity contribution >= 4 is 70.2 Å². The number of rotatable bonds is 14. The highest BCUT2D eigenvalue weighted by molar-refractivity contribution is 6.19. The maximum atomic E-state index is 5.91. The molecular weight excluding hydrogens is 538 g/mol. The first-order chi connectivity index (χ1) is 17.7. The fraction of sp³-hybridized carbons (Fsp3) is 0.462. The Bertz CT molecular complexity index is 841. The largest absolute Gasteiger partial charge is 0.369 e. The monoisotopic (exact) mass is 570 g/mol. The van der Waals surface area contributed by atoms with E-state index < -0.39 is 0 Å². The third-order valence-electron chi connectivity index (χ3n) is 5.91. The summed E-state index contributed by atoms with van der Waals surface area (Å²) >= 11 is 23.7. The molecule has 36 heavy (non-hydrogen) atoms. The van der Waals surface area contributed by atoms with Gasteiger partial charge in [0.2, 0.25) is 0 Å². The second-order valence-electron chi connectivity index (χ2n) is 8.31. The van der Waals surface area contributed by atoms with Crippen molar-refractivity contribution in [1.82, 2.24) is 10.0 Å². The average Bonchev–Trinajstić information content (AvgIpc) is 2.92. The zero-order valence-electron chi connectivity index (χ0n) is 20.5. The zero-order valence-corrected chi connectivity index (χ0v) is 23.5. The van der Waals surface area contributed by atoms with Crippen molar-refractivity contribution in [1.29, 1.82) is 0 Å². The maximum Gasteiger partial charge on any atom is 0.0553 e. The molecule has 0 atom stereocenters. The van der Waals surface area contributed by atoms with E-state index in [2.05, 4.69) is 78.6 Å². The Balaban J connectivity index is 1.46. The highest BCUT2D eigenvalue weighted by atomic mass is 35.5. The summed E-state index contributed by atoms with van der Waals surface area (Å²) in [6, 6.07) is 16.7. The molecule has 0 bridgehead atoms. The van der Waals surface area contributed by atoms with E-state index >= 15 is 0 Å². The molecule has 0 spiro atoms. The van der Waals surface area contributed by atoms with Gasteiger partial charge in [0.15, 0.2) is 0 Å². The van der Waals surface area contributed by atoms with Crippen LogP contribution in [0.15, 0.2) is 58.7 Å². The van der Waals surface area contributed by atoms with Crippen molar-refractivity contribution in [3.05, 3.63) is 59.7 Å². The number of anilines is 2. The topological polar surface area (TPSA) is 37.7 Å². The minimum absolute atomic E-state index is 0.575. The summed E-state index contributed by atoms with van der Waals surface area (Å²) in [4.78, 5) is 4.37. The fourth-order valence-electron chi connectivity index (χ4n) is 3.90. The molecule has 2 aromatic carbocycles. The fourth-order valence-corrected chi connectivity index (χ4v) is 4.72. The van der Waals surface area contributed by atoms with Gasteiger partial charge in [-0.3, -0.25) is 10.0 Å². The van der Waals surface area contributed by atoms with E-state index in [1.807, 2.05) is 12.4 Å². The van der Waals surface area contributed by atoms with E-state index in [1.165, 1.54) is 0 Å². The van der Waals surface area contributed by atoms with Crippen LogP contribution in [-0.4, -0.2) is 98.3 Å². The van der Waals surface area contributed by atoms with Crippen molar-refractivity contribution in [3.63, 3.8) is 0 Å². The van der Waals surface area contributed by atoms with Crippen LogP contribution in [-0.2, 0) is 0 Å². The van der Waals surface area contributed by atoms with Gasteiger partial charge in [0, 0.05) is 61.1 Å². The highest BCUT2D eigenvalue weighted by Crippen LogP contribution is 2.16. The van der Waals surface area contributed by atoms with E-state index in [-0.39, 0.29) is 0 Å². The number of hydrogen-bond donors (Lipinski definition) is 0. The Morgan fingerprint density at radius 2 is 0.861 bits per heavy atom. The third-order valence-corrected chi connectivity index (χ3v) is 6.58. The highest BCUT2D eigenvalue weighted by Gasteiger charge is 2.13. The lowest BCUT2D eigenvalue weighted by Crippen LogP contribution is -2.41. The Kier molecular flexibility index (Phi) is 12.8. The number of hydrazone groups is 2. The van der Waals surface area contributed by atoms with Crippen molar-refractivity contribution in [2.24, 2.45) is 10.2 Å². The number of halogens is 4. The van der Waals surface area contributed by atoms with Gasteiger partial charge in [-0.1, -0.05) is 24.3 Å². The number of hydrogen-bond acceptors (Lipinski definition) is 6. The molecule has 0 N–H and O–H groups in total. The van der Waals surface area contributed by atoms with Gasteiger partial charge < -0.3 is 9.80 Å². The average molecular weight is 572 g/mol. The van der Waals surface area contributed by atoms with Gasteiger partial charge in [-0.15, -0.1) is 46.4 Å². The molecule has 0 unspecified atom stereocenters. The van der Waals surface area contributed by atoms with Crippen LogP contribution in [0, 0.1) is 0 Å². The maximum absolute atomic E-state index is 5.91. The molecule has 2 aromatic rings. The van der Waals surface area contributed by atoms with E-state index in [0.29, 0.717) is 23.5 Å². The molecule has 1 aliphatic rings. The molecule has 0 radical (unpaired) electrons. The van der Waals surface area contributed by atoms with Gasteiger partial charge in [0.1, 0.15) is 0 Å². The van der Waals surface area contributed by atoms with Crippen molar-refractivity contribution < 1.29 is 0 Å². The Morgan fingerprint density at radius 1 is 0.556 bits per heavy atom. The lowest BCUT2D eigenvalue weighted by Gasteiger charge is -2.31. The summed E-state index contributed by atoms with van der Waals surface area (Å²) in [5, 5.41) is 13.5. The first kappa shape index (κ1) is 28.7. The molecule has 0 aromatic heterocycles. The van der Waals surface area contributed by atoms with E-state index in [1.54, 1.807) is 0 Å². The quantitative estimate of drug-likeness (QED) is 0.229. The molecule has 1 fully saturated rings. The van der Waals surface area contributed by atoms with Gasteiger partial charge in [-0.05, 0) is 35.4 Å². The first-order valence-electron chi connectivity index (χ1n) is 12.2. The molecule has 1 heterocycles. The van der Waals surface area contributed by atoms with Crippen LogP contribution in [0.4, 0.5) is 11.4 Å². The molecular formula is C26H34Cl4N6. The van der Waals surface area contributed by atoms with Crippen LogP contribution in [0.25, 0.3) is 0 Å². The van der Waals surface area contributed by atoms with Gasteiger partial charge in [0.25, 0.3) is 0 Å². The number of benzene rings is 2. The van der Waals surface area contributed by atoms with Gasteiger partial charge >= 0.3 is 0 Å². The van der Waals surface area contributed by atoms with E-state index in [0.717, 1.165) is 74.9 Å². The lowest BCUT2D eigenvalue weighted by atomic mass is 10.2. The summed E-state index contributed by atoms with van der Waals surface area (Å²) in [6.45, 7) is 6.43. The summed E-state index contributed by atoms with van der Waals surface area (Å²) in [6.07, 6.45) is 3.82. The smallest absolute Gasteiger partial charge is 0.0553 e. The molecule has 3 rings (SSSR count). The van der Waals surface area contributed by atoms with Crippen LogP contribution in [0.1, 0.15) is 11.1 Å². The Morgan fingerprint density at radius 3 is 1.14 bits per heavy atom. The van der Waals surface area contributed by atoms with Gasteiger partial charge in [-0.2, -0.15) is 10.2 Å². The second-order valence-corrected chi connectivity index (χ2v) is 9.82. The van der Waals surface area contributed by atoms with Crippen molar-refractivity contribution in [2.45, 2.75) is 0 Å².